The topological polar surface area (TPSA) is 23.6 Å². The maximum atomic E-state index is 13.2. The van der Waals surface area contributed by atoms with Crippen LogP contribution >= 0.6 is 0 Å². The van der Waals surface area contributed by atoms with E-state index in [4.69, 9.17) is 0 Å². The summed E-state index contributed by atoms with van der Waals surface area (Å²) < 4.78 is 39.3. The molecule has 0 fully saturated rings. The highest BCUT2D eigenvalue weighted by molar-refractivity contribution is 5.94. The quantitative estimate of drug-likeness (QED) is 0.777. The molecule has 0 aromatic heterocycles. The van der Waals surface area contributed by atoms with Crippen LogP contribution in [0.3, 0.4) is 0 Å². The number of carbonyl (C=O) groups excluding carboxylic acids is 1. The summed E-state index contributed by atoms with van der Waals surface area (Å²) in [6, 6.07) is 1.33. The molecule has 112 valence electrons. The van der Waals surface area contributed by atoms with Crippen LogP contribution in [0, 0.1) is 17.5 Å². The second-order valence-corrected chi connectivity index (χ2v) is 4.96. The van der Waals surface area contributed by atoms with Gasteiger partial charge in [0.2, 0.25) is 0 Å². The van der Waals surface area contributed by atoms with Gasteiger partial charge in [0.25, 0.3) is 5.91 Å². The van der Waals surface area contributed by atoms with E-state index in [1.54, 1.807) is 6.92 Å². The summed E-state index contributed by atoms with van der Waals surface area (Å²) in [5, 5.41) is 0. The second-order valence-electron chi connectivity index (χ2n) is 4.96. The molecule has 1 aromatic carbocycles. The standard InChI is InChI=1S/C14H19F3N2O/c1-5-19(9(2)8-18(3)4)14(20)10-6-11(15)13(17)12(16)7-10/h6-7,9H,5,8H2,1-4H3. The van der Waals surface area contributed by atoms with Crippen molar-refractivity contribution in [3.63, 3.8) is 0 Å². The Balaban J connectivity index is 3.02. The minimum absolute atomic E-state index is 0.126. The molecular weight excluding hydrogens is 269 g/mol. The first kappa shape index (κ1) is 16.5. The molecule has 1 rings (SSSR count). The summed E-state index contributed by atoms with van der Waals surface area (Å²) in [6.07, 6.45) is 0. The van der Waals surface area contributed by atoms with Crippen LogP contribution in [0.1, 0.15) is 24.2 Å². The first-order valence-electron chi connectivity index (χ1n) is 6.38. The monoisotopic (exact) mass is 288 g/mol. The minimum atomic E-state index is -1.56. The van der Waals surface area contributed by atoms with Crippen LogP contribution in [0.25, 0.3) is 0 Å². The fourth-order valence-corrected chi connectivity index (χ4v) is 2.13. The second kappa shape index (κ2) is 6.74. The first-order chi connectivity index (χ1) is 9.27. The van der Waals surface area contributed by atoms with E-state index < -0.39 is 23.4 Å². The number of halogens is 3. The third-order valence-corrected chi connectivity index (χ3v) is 2.99. The predicted octanol–water partition coefficient (Wildman–Crippen LogP) is 2.52. The van der Waals surface area contributed by atoms with Crippen molar-refractivity contribution in [2.24, 2.45) is 0 Å². The normalized spacial score (nSPS) is 12.6. The van der Waals surface area contributed by atoms with Crippen molar-refractivity contribution in [1.29, 1.82) is 0 Å². The van der Waals surface area contributed by atoms with E-state index in [9.17, 15) is 18.0 Å². The van der Waals surface area contributed by atoms with Gasteiger partial charge in [0.05, 0.1) is 0 Å². The number of nitrogens with zero attached hydrogens (tertiary/aromatic N) is 2. The van der Waals surface area contributed by atoms with Crippen molar-refractivity contribution in [3.05, 3.63) is 35.1 Å². The summed E-state index contributed by atoms with van der Waals surface area (Å²) in [6.45, 7) is 4.64. The lowest BCUT2D eigenvalue weighted by Gasteiger charge is -2.30. The molecule has 0 radical (unpaired) electrons. The average molecular weight is 288 g/mol. The number of rotatable bonds is 5. The number of benzene rings is 1. The van der Waals surface area contributed by atoms with E-state index in [0.29, 0.717) is 13.1 Å². The van der Waals surface area contributed by atoms with Gasteiger partial charge in [-0.2, -0.15) is 0 Å². The molecule has 3 nitrogen and oxygen atoms in total. The zero-order valence-corrected chi connectivity index (χ0v) is 12.1. The molecular formula is C14H19F3N2O. The molecule has 20 heavy (non-hydrogen) atoms. The molecule has 6 heteroatoms. The Hall–Kier alpha value is -1.56. The lowest BCUT2D eigenvalue weighted by molar-refractivity contribution is 0.0677. The summed E-state index contributed by atoms with van der Waals surface area (Å²) >= 11 is 0. The van der Waals surface area contributed by atoms with Crippen molar-refractivity contribution < 1.29 is 18.0 Å². The average Bonchev–Trinajstić information content (AvgIpc) is 2.35. The molecule has 1 atom stereocenters. The maximum Gasteiger partial charge on any atom is 0.254 e. The molecule has 0 heterocycles. The molecule has 0 N–H and O–H groups in total. The molecule has 0 saturated heterocycles. The first-order valence-corrected chi connectivity index (χ1v) is 6.38. The lowest BCUT2D eigenvalue weighted by Crippen LogP contribution is -2.43. The predicted molar refractivity (Wildman–Crippen MR) is 71.0 cm³/mol. The smallest absolute Gasteiger partial charge is 0.254 e. The third kappa shape index (κ3) is 3.72. The molecule has 0 bridgehead atoms. The van der Waals surface area contributed by atoms with Crippen LogP contribution in [0.4, 0.5) is 13.2 Å². The van der Waals surface area contributed by atoms with Gasteiger partial charge in [-0.1, -0.05) is 0 Å². The third-order valence-electron chi connectivity index (χ3n) is 2.99. The fraction of sp³-hybridized carbons (Fsp3) is 0.500. The van der Waals surface area contributed by atoms with Gasteiger partial charge in [-0.15, -0.1) is 0 Å². The largest absolute Gasteiger partial charge is 0.335 e. The summed E-state index contributed by atoms with van der Waals surface area (Å²) in [5.74, 6) is -4.79. The maximum absolute atomic E-state index is 13.2. The molecule has 0 aliphatic carbocycles. The van der Waals surface area contributed by atoms with Crippen molar-refractivity contribution in [3.8, 4) is 0 Å². The van der Waals surface area contributed by atoms with E-state index in [2.05, 4.69) is 0 Å². The lowest BCUT2D eigenvalue weighted by atomic mass is 10.1. The molecule has 0 aliphatic heterocycles. The van der Waals surface area contributed by atoms with E-state index in [0.717, 1.165) is 12.1 Å². The van der Waals surface area contributed by atoms with Crippen LogP contribution in [-0.2, 0) is 0 Å². The summed E-state index contributed by atoms with van der Waals surface area (Å²) in [7, 11) is 3.73. The summed E-state index contributed by atoms with van der Waals surface area (Å²) in [4.78, 5) is 15.7. The number of amides is 1. The Kier molecular flexibility index (Phi) is 5.56. The highest BCUT2D eigenvalue weighted by Gasteiger charge is 2.23. The Morgan fingerprint density at radius 2 is 1.70 bits per heavy atom. The zero-order valence-electron chi connectivity index (χ0n) is 12.1. The van der Waals surface area contributed by atoms with Gasteiger partial charge in [-0.05, 0) is 40.1 Å². The molecule has 1 amide bonds. The zero-order chi connectivity index (χ0) is 15.4. The number of hydrogen-bond donors (Lipinski definition) is 0. The van der Waals surface area contributed by atoms with Gasteiger partial charge in [0.15, 0.2) is 17.5 Å². The fourth-order valence-electron chi connectivity index (χ4n) is 2.13. The highest BCUT2D eigenvalue weighted by atomic mass is 19.2. The molecule has 1 aromatic rings. The molecule has 1 unspecified atom stereocenters. The van der Waals surface area contributed by atoms with E-state index in [1.807, 2.05) is 25.9 Å². The minimum Gasteiger partial charge on any atom is -0.335 e. The van der Waals surface area contributed by atoms with Crippen molar-refractivity contribution >= 4 is 5.91 Å². The van der Waals surface area contributed by atoms with Crippen LogP contribution in [-0.4, -0.2) is 48.9 Å². The van der Waals surface area contributed by atoms with Crippen molar-refractivity contribution in [2.45, 2.75) is 19.9 Å². The number of likely N-dealkylation sites (N-methyl/N-ethyl adjacent to an activating group) is 2. The van der Waals surface area contributed by atoms with Gasteiger partial charge in [0.1, 0.15) is 0 Å². The van der Waals surface area contributed by atoms with Crippen LogP contribution in [0.5, 0.6) is 0 Å². The van der Waals surface area contributed by atoms with Gasteiger partial charge in [0, 0.05) is 24.7 Å². The summed E-state index contributed by atoms with van der Waals surface area (Å²) in [5.41, 5.74) is -0.186. The molecule has 0 spiro atoms. The van der Waals surface area contributed by atoms with Crippen LogP contribution in [0.2, 0.25) is 0 Å². The SMILES string of the molecule is CCN(C(=O)c1cc(F)c(F)c(F)c1)C(C)CN(C)C. The van der Waals surface area contributed by atoms with E-state index in [1.165, 1.54) is 4.90 Å². The van der Waals surface area contributed by atoms with Crippen LogP contribution < -0.4 is 0 Å². The van der Waals surface area contributed by atoms with Gasteiger partial charge in [-0.25, -0.2) is 13.2 Å². The van der Waals surface area contributed by atoms with Crippen molar-refractivity contribution in [1.82, 2.24) is 9.80 Å². The Labute approximate surface area is 117 Å². The molecule has 0 aliphatic rings. The van der Waals surface area contributed by atoms with E-state index in [-0.39, 0.29) is 11.6 Å². The Bertz CT molecular complexity index is 468. The Morgan fingerprint density at radius 1 is 1.20 bits per heavy atom. The number of hydrogen-bond acceptors (Lipinski definition) is 2. The van der Waals surface area contributed by atoms with Crippen LogP contribution in [0.15, 0.2) is 12.1 Å². The number of carbonyl (C=O) groups is 1. The molecule has 0 saturated carbocycles. The van der Waals surface area contributed by atoms with Gasteiger partial charge in [-0.3, -0.25) is 4.79 Å². The van der Waals surface area contributed by atoms with Crippen molar-refractivity contribution in [2.75, 3.05) is 27.2 Å². The van der Waals surface area contributed by atoms with E-state index >= 15 is 0 Å². The van der Waals surface area contributed by atoms with Gasteiger partial charge >= 0.3 is 0 Å². The van der Waals surface area contributed by atoms with Gasteiger partial charge < -0.3 is 9.80 Å². The Morgan fingerprint density at radius 3 is 2.10 bits per heavy atom. The highest BCUT2D eigenvalue weighted by Crippen LogP contribution is 2.16.